The van der Waals surface area contributed by atoms with E-state index < -0.39 is 92.3 Å². The molecule has 5 aliphatic rings. The number of fused-ring (bicyclic) bond motifs is 10. The van der Waals surface area contributed by atoms with Crippen molar-refractivity contribution in [2.24, 2.45) is 5.41 Å². The normalized spacial score (nSPS) is 28.4. The number of hydrogen-bond donors (Lipinski definition) is 4. The van der Waals surface area contributed by atoms with Crippen LogP contribution in [0.4, 0.5) is 0 Å². The number of carboxylic acid groups (broad SMARTS) is 1. The van der Waals surface area contributed by atoms with E-state index in [1.807, 2.05) is 54.6 Å². The smallest absolute Gasteiger partial charge is 0.403 e. The number of hydrogen-bond acceptors (Lipinski definition) is 19. The molecule has 5 fully saturated rings. The Hall–Kier alpha value is -4.34. The fraction of sp³-hybridized carbons (Fsp3) is 0.452. The third kappa shape index (κ3) is 7.86. The highest BCUT2D eigenvalue weighted by Crippen LogP contribution is 3.00. The third-order valence-electron chi connectivity index (χ3n) is 8.58. The van der Waals surface area contributed by atoms with Gasteiger partial charge < -0.3 is 24.5 Å². The zero-order valence-electron chi connectivity index (χ0n) is 27.3. The summed E-state index contributed by atoms with van der Waals surface area (Å²) in [6.45, 7) is -0.255. The lowest BCUT2D eigenvalue weighted by Crippen LogP contribution is -2.63. The molecule has 0 aromatic heterocycles. The van der Waals surface area contributed by atoms with Gasteiger partial charge in [0, 0.05) is 11.8 Å². The minimum Gasteiger partial charge on any atom is -0.481 e. The Balaban J connectivity index is 1.27. The first kappa shape index (κ1) is 37.4. The van der Waals surface area contributed by atoms with Gasteiger partial charge in [-0.2, -0.15) is 15.3 Å². The quantitative estimate of drug-likeness (QED) is 0.0478. The van der Waals surface area contributed by atoms with E-state index in [4.69, 9.17) is 48.2 Å². The van der Waals surface area contributed by atoms with E-state index in [1.54, 1.807) is 0 Å². The summed E-state index contributed by atoms with van der Waals surface area (Å²) in [5.74, 6) is -8.67. The van der Waals surface area contributed by atoms with Crippen LogP contribution in [0.25, 0.3) is 11.1 Å². The standard InChI is InChI=1S/C31H34N3O17P/c35-24(36)11-12-25(37)44-33-23(17-29-18-26(38)46-34(47-27(39)19-29)15-4-14-32-45-28(29)40)30(48-41,31-50-52(31,42)51-31)49-43-16-13-20-7-9-22(10-8-20)21-5-2-1-3-6-21/h1-3,5-10,23,32-33,41H,4,11-19H2,(H,35,36). The second kappa shape index (κ2) is 15.3. The molecule has 7 rings (SSSR count). The van der Waals surface area contributed by atoms with Gasteiger partial charge in [0.25, 0.3) is 0 Å². The van der Waals surface area contributed by atoms with Crippen LogP contribution >= 0.6 is 7.60 Å². The number of aliphatic carboxylic acids is 1. The first-order valence-corrected chi connectivity index (χ1v) is 17.6. The molecule has 0 radical (unpaired) electrons. The van der Waals surface area contributed by atoms with Gasteiger partial charge in [0.05, 0.1) is 44.2 Å². The largest absolute Gasteiger partial charge is 0.481 e. The number of rotatable bonds is 16. The van der Waals surface area contributed by atoms with Gasteiger partial charge in [-0.25, -0.2) is 14.9 Å². The average Bonchev–Trinajstić information content (AvgIpc) is 3.94. The van der Waals surface area contributed by atoms with Gasteiger partial charge >= 0.3 is 48.8 Å². The van der Waals surface area contributed by atoms with Crippen LogP contribution in [0.5, 0.6) is 0 Å². The zero-order chi connectivity index (χ0) is 37.0. The molecule has 0 aliphatic carbocycles. The fourth-order valence-electron chi connectivity index (χ4n) is 5.80. The number of nitrogens with zero attached hydrogens (tertiary/aromatic N) is 1. The summed E-state index contributed by atoms with van der Waals surface area (Å²) in [5, 5.41) is 20.1. The Labute approximate surface area is 294 Å². The Morgan fingerprint density at radius 2 is 1.65 bits per heavy atom. The molecule has 2 atom stereocenters. The molecule has 5 aliphatic heterocycles. The number of carbonyl (C=O) groups is 5. The lowest BCUT2D eigenvalue weighted by molar-refractivity contribution is -0.530. The van der Waals surface area contributed by atoms with Crippen molar-refractivity contribution < 1.29 is 82.0 Å². The summed E-state index contributed by atoms with van der Waals surface area (Å²) in [7, 11) is -3.98. The van der Waals surface area contributed by atoms with E-state index in [0.717, 1.165) is 16.7 Å². The monoisotopic (exact) mass is 751 g/mol. The zero-order valence-corrected chi connectivity index (χ0v) is 28.2. The predicted octanol–water partition coefficient (Wildman–Crippen LogP) is 2.06. The van der Waals surface area contributed by atoms with Gasteiger partial charge in [-0.3, -0.25) is 32.8 Å². The summed E-state index contributed by atoms with van der Waals surface area (Å²) < 4.78 is 23.4. The summed E-state index contributed by atoms with van der Waals surface area (Å²) in [6.07, 6.45) is -3.43. The molecule has 2 aromatic carbocycles. The molecule has 5 heterocycles. The Kier molecular flexibility index (Phi) is 11.0. The molecule has 0 saturated carbocycles. The molecule has 280 valence electrons. The number of carbonyl (C=O) groups excluding carboxylic acids is 4. The molecule has 2 unspecified atom stereocenters. The topological polar surface area (TPSA) is 260 Å². The molecule has 2 bridgehead atoms. The van der Waals surface area contributed by atoms with Gasteiger partial charge in [-0.05, 0) is 36.0 Å². The van der Waals surface area contributed by atoms with E-state index in [1.165, 1.54) is 0 Å². The SMILES string of the molecule is O=C(O)CCC(=O)ONC(CC12CC(=O)ON(CCCNOC1=O)OC(=O)C2)C(OO)(OOCCc1ccc(-c2ccccc2)cc1)C12OP1(=O)O2. The third-order valence-corrected chi connectivity index (χ3v) is 10.5. The van der Waals surface area contributed by atoms with Crippen LogP contribution in [0.2, 0.25) is 0 Å². The number of hydroxylamine groups is 4. The molecule has 20 nitrogen and oxygen atoms in total. The van der Waals surface area contributed by atoms with E-state index in [2.05, 4.69) is 11.0 Å². The van der Waals surface area contributed by atoms with Gasteiger partial charge in [0.1, 0.15) is 6.04 Å². The lowest BCUT2D eigenvalue weighted by atomic mass is 9.74. The predicted molar refractivity (Wildman–Crippen MR) is 165 cm³/mol. The first-order chi connectivity index (χ1) is 24.9. The van der Waals surface area contributed by atoms with E-state index in [-0.39, 0.29) is 32.5 Å². The van der Waals surface area contributed by atoms with Crippen LogP contribution in [0.1, 0.15) is 44.1 Å². The molecule has 4 N–H and O–H groups in total. The molecule has 21 heteroatoms. The molecule has 5 saturated heterocycles. The molecular weight excluding hydrogens is 717 g/mol. The number of carboxylic acids is 1. The van der Waals surface area contributed by atoms with Crippen molar-refractivity contribution in [3.63, 3.8) is 0 Å². The second-order valence-corrected chi connectivity index (χ2v) is 14.2. The second-order valence-electron chi connectivity index (χ2n) is 12.2. The maximum Gasteiger partial charge on any atom is 0.403 e. The van der Waals surface area contributed by atoms with E-state index in [0.29, 0.717) is 5.23 Å². The van der Waals surface area contributed by atoms with Crippen LogP contribution < -0.4 is 11.0 Å². The van der Waals surface area contributed by atoms with Crippen molar-refractivity contribution in [3.8, 4) is 11.1 Å². The van der Waals surface area contributed by atoms with Crippen LogP contribution in [0, 0.1) is 5.41 Å². The van der Waals surface area contributed by atoms with Crippen molar-refractivity contribution >= 4 is 37.4 Å². The summed E-state index contributed by atoms with van der Waals surface area (Å²) >= 11 is 0. The highest BCUT2D eigenvalue weighted by Gasteiger charge is 3.02. The highest BCUT2D eigenvalue weighted by atomic mass is 31.2. The van der Waals surface area contributed by atoms with Crippen LogP contribution in [0.15, 0.2) is 54.6 Å². The Bertz CT molecular complexity index is 1700. The lowest BCUT2D eigenvalue weighted by Gasteiger charge is -2.39. The van der Waals surface area contributed by atoms with Gasteiger partial charge in [0.15, 0.2) is 0 Å². The summed E-state index contributed by atoms with van der Waals surface area (Å²) in [5.41, 5.74) is 2.79. The van der Waals surface area contributed by atoms with Crippen LogP contribution in [-0.2, 0) is 78.0 Å². The number of nitrogens with one attached hydrogen (secondary N) is 2. The maximum absolute atomic E-state index is 13.7. The first-order valence-electron chi connectivity index (χ1n) is 16.0. The van der Waals surface area contributed by atoms with Crippen molar-refractivity contribution in [2.75, 3.05) is 19.7 Å². The maximum atomic E-state index is 13.7. The van der Waals surface area contributed by atoms with E-state index in [9.17, 15) is 33.8 Å². The average molecular weight is 752 g/mol. The molecule has 0 amide bonds. The molecule has 52 heavy (non-hydrogen) atoms. The van der Waals surface area contributed by atoms with Crippen LogP contribution in [-0.4, -0.2) is 82.5 Å². The molecular formula is C31H34N3O17P. The van der Waals surface area contributed by atoms with Crippen molar-refractivity contribution in [2.45, 2.75) is 62.3 Å². The number of benzene rings is 2. The Morgan fingerprint density at radius 3 is 2.27 bits per heavy atom. The highest BCUT2D eigenvalue weighted by molar-refractivity contribution is 7.68. The summed E-state index contributed by atoms with van der Waals surface area (Å²) in [4.78, 5) is 99.6. The fourth-order valence-corrected chi connectivity index (χ4v) is 7.65. The molecule has 2 aromatic rings. The minimum absolute atomic E-state index is 0.0416. The molecule has 0 spiro atoms. The van der Waals surface area contributed by atoms with Crippen molar-refractivity contribution in [3.05, 3.63) is 60.2 Å². The van der Waals surface area contributed by atoms with Crippen LogP contribution in [0.3, 0.4) is 0 Å². The van der Waals surface area contributed by atoms with Gasteiger partial charge in [-0.1, -0.05) is 54.6 Å². The summed E-state index contributed by atoms with van der Waals surface area (Å²) in [6, 6.07) is 15.2. The van der Waals surface area contributed by atoms with Crippen molar-refractivity contribution in [1.29, 1.82) is 0 Å². The van der Waals surface area contributed by atoms with Gasteiger partial charge in [-0.15, -0.1) is 5.48 Å². The van der Waals surface area contributed by atoms with Gasteiger partial charge in [0.2, 0.25) is 0 Å². The Morgan fingerprint density at radius 1 is 1.00 bits per heavy atom. The van der Waals surface area contributed by atoms with E-state index >= 15 is 0 Å². The minimum atomic E-state index is -3.98. The van der Waals surface area contributed by atoms with Crippen molar-refractivity contribution in [1.82, 2.24) is 16.2 Å².